The van der Waals surface area contributed by atoms with Crippen molar-refractivity contribution in [1.29, 1.82) is 0 Å². The molecule has 0 radical (unpaired) electrons. The maximum absolute atomic E-state index is 11.1. The van der Waals surface area contributed by atoms with Gasteiger partial charge >= 0.3 is 5.97 Å². The van der Waals surface area contributed by atoms with E-state index in [2.05, 4.69) is 15.9 Å². The normalized spacial score (nSPS) is 9.68. The second-order valence-electron chi connectivity index (χ2n) is 3.71. The SMILES string of the molecule is C#Cc1cccc(Oc2cnc(C)nc2C(=O)O)c1. The summed E-state index contributed by atoms with van der Waals surface area (Å²) in [5, 5.41) is 9.07. The fourth-order valence-electron chi connectivity index (χ4n) is 1.46. The lowest BCUT2D eigenvalue weighted by Gasteiger charge is -2.08. The van der Waals surface area contributed by atoms with E-state index in [1.807, 2.05) is 0 Å². The number of carboxylic acids is 1. The van der Waals surface area contributed by atoms with E-state index in [0.29, 0.717) is 17.1 Å². The number of rotatable bonds is 3. The molecule has 0 saturated carbocycles. The van der Waals surface area contributed by atoms with E-state index in [0.717, 1.165) is 0 Å². The van der Waals surface area contributed by atoms with Crippen LogP contribution in [0.1, 0.15) is 21.9 Å². The molecule has 0 saturated heterocycles. The first kappa shape index (κ1) is 12.6. The summed E-state index contributed by atoms with van der Waals surface area (Å²) in [6.45, 7) is 1.61. The first-order valence-corrected chi connectivity index (χ1v) is 5.41. The number of carboxylic acid groups (broad SMARTS) is 1. The van der Waals surface area contributed by atoms with Gasteiger partial charge in [-0.1, -0.05) is 12.0 Å². The van der Waals surface area contributed by atoms with Gasteiger partial charge in [0.1, 0.15) is 11.6 Å². The van der Waals surface area contributed by atoms with Gasteiger partial charge < -0.3 is 9.84 Å². The van der Waals surface area contributed by atoms with E-state index in [1.54, 1.807) is 31.2 Å². The van der Waals surface area contributed by atoms with Crippen LogP contribution < -0.4 is 4.74 Å². The number of benzene rings is 1. The third-order valence-electron chi connectivity index (χ3n) is 2.31. The van der Waals surface area contributed by atoms with E-state index in [1.165, 1.54) is 6.20 Å². The van der Waals surface area contributed by atoms with Crippen LogP contribution in [0.4, 0.5) is 0 Å². The number of ether oxygens (including phenoxy) is 1. The highest BCUT2D eigenvalue weighted by molar-refractivity contribution is 5.88. The van der Waals surface area contributed by atoms with Gasteiger partial charge in [-0.05, 0) is 25.1 Å². The summed E-state index contributed by atoms with van der Waals surface area (Å²) in [4.78, 5) is 18.8. The van der Waals surface area contributed by atoms with Crippen molar-refractivity contribution >= 4 is 5.97 Å². The molecule has 0 amide bonds. The molecule has 0 bridgehead atoms. The van der Waals surface area contributed by atoms with Gasteiger partial charge in [0, 0.05) is 5.56 Å². The Bertz CT molecular complexity index is 675. The third-order valence-corrected chi connectivity index (χ3v) is 2.31. The van der Waals surface area contributed by atoms with Crippen LogP contribution in [-0.4, -0.2) is 21.0 Å². The Morgan fingerprint density at radius 1 is 1.47 bits per heavy atom. The molecule has 0 aliphatic heterocycles. The van der Waals surface area contributed by atoms with Crippen molar-refractivity contribution in [2.45, 2.75) is 6.92 Å². The number of hydrogen-bond acceptors (Lipinski definition) is 4. The van der Waals surface area contributed by atoms with Crippen molar-refractivity contribution in [3.8, 4) is 23.8 Å². The monoisotopic (exact) mass is 254 g/mol. The van der Waals surface area contributed by atoms with Crippen molar-refractivity contribution in [3.05, 3.63) is 47.5 Å². The lowest BCUT2D eigenvalue weighted by Crippen LogP contribution is -2.06. The van der Waals surface area contributed by atoms with Gasteiger partial charge in [-0.15, -0.1) is 6.42 Å². The predicted octanol–water partition coefficient (Wildman–Crippen LogP) is 2.26. The lowest BCUT2D eigenvalue weighted by molar-refractivity contribution is 0.0687. The molecule has 1 N–H and O–H groups in total. The molecule has 0 atom stereocenters. The van der Waals surface area contributed by atoms with Gasteiger partial charge in [-0.2, -0.15) is 0 Å². The van der Waals surface area contributed by atoms with Crippen molar-refractivity contribution in [2.75, 3.05) is 0 Å². The van der Waals surface area contributed by atoms with Crippen LogP contribution in [0.3, 0.4) is 0 Å². The van der Waals surface area contributed by atoms with Crippen LogP contribution in [0.15, 0.2) is 30.5 Å². The summed E-state index contributed by atoms with van der Waals surface area (Å²) in [6, 6.07) is 6.77. The second-order valence-corrected chi connectivity index (χ2v) is 3.71. The minimum absolute atomic E-state index is 0.0762. The van der Waals surface area contributed by atoms with Crippen LogP contribution in [0.2, 0.25) is 0 Å². The molecule has 0 aliphatic rings. The van der Waals surface area contributed by atoms with Gasteiger partial charge in [0.25, 0.3) is 0 Å². The summed E-state index contributed by atoms with van der Waals surface area (Å²) in [7, 11) is 0. The van der Waals surface area contributed by atoms with Crippen LogP contribution in [0.25, 0.3) is 0 Å². The highest BCUT2D eigenvalue weighted by atomic mass is 16.5. The van der Waals surface area contributed by atoms with E-state index in [4.69, 9.17) is 16.3 Å². The Morgan fingerprint density at radius 3 is 2.95 bits per heavy atom. The average molecular weight is 254 g/mol. The Hall–Kier alpha value is -2.87. The van der Waals surface area contributed by atoms with Crippen LogP contribution in [-0.2, 0) is 0 Å². The van der Waals surface area contributed by atoms with E-state index in [-0.39, 0.29) is 11.4 Å². The molecule has 1 heterocycles. The Morgan fingerprint density at radius 2 is 2.26 bits per heavy atom. The molecule has 1 aromatic carbocycles. The Labute approximate surface area is 109 Å². The zero-order valence-corrected chi connectivity index (χ0v) is 10.1. The van der Waals surface area contributed by atoms with Crippen LogP contribution in [0.5, 0.6) is 11.5 Å². The summed E-state index contributed by atoms with van der Waals surface area (Å²) in [6.07, 6.45) is 6.61. The first-order chi connectivity index (χ1) is 9.10. The van der Waals surface area contributed by atoms with Gasteiger partial charge in [-0.25, -0.2) is 14.8 Å². The smallest absolute Gasteiger partial charge is 0.358 e. The third kappa shape index (κ3) is 2.87. The highest BCUT2D eigenvalue weighted by Crippen LogP contribution is 2.24. The van der Waals surface area contributed by atoms with E-state index >= 15 is 0 Å². The number of hydrogen-bond donors (Lipinski definition) is 1. The highest BCUT2D eigenvalue weighted by Gasteiger charge is 2.15. The average Bonchev–Trinajstić information content (AvgIpc) is 2.41. The molecule has 5 heteroatoms. The molecule has 19 heavy (non-hydrogen) atoms. The van der Waals surface area contributed by atoms with Crippen LogP contribution in [0, 0.1) is 19.3 Å². The van der Waals surface area contributed by atoms with Crippen molar-refractivity contribution in [1.82, 2.24) is 9.97 Å². The van der Waals surface area contributed by atoms with Gasteiger partial charge in [0.2, 0.25) is 0 Å². The number of carbonyl (C=O) groups is 1. The van der Waals surface area contributed by atoms with Crippen molar-refractivity contribution < 1.29 is 14.6 Å². The summed E-state index contributed by atoms with van der Waals surface area (Å²) < 4.78 is 5.47. The number of aromatic nitrogens is 2. The Balaban J connectivity index is 2.38. The lowest BCUT2D eigenvalue weighted by atomic mass is 10.2. The zero-order chi connectivity index (χ0) is 13.8. The minimum Gasteiger partial charge on any atom is -0.476 e. The molecule has 2 rings (SSSR count). The van der Waals surface area contributed by atoms with E-state index in [9.17, 15) is 4.79 Å². The van der Waals surface area contributed by atoms with Crippen molar-refractivity contribution in [3.63, 3.8) is 0 Å². The zero-order valence-electron chi connectivity index (χ0n) is 10.1. The number of aryl methyl sites for hydroxylation is 1. The molecule has 0 aliphatic carbocycles. The summed E-state index contributed by atoms with van der Waals surface area (Å²) in [5.41, 5.74) is 0.459. The Kier molecular flexibility index (Phi) is 3.44. The molecular weight excluding hydrogens is 244 g/mol. The molecule has 1 aromatic heterocycles. The molecule has 0 unspecified atom stereocenters. The minimum atomic E-state index is -1.17. The fraction of sp³-hybridized carbons (Fsp3) is 0.0714. The maximum atomic E-state index is 11.1. The maximum Gasteiger partial charge on any atom is 0.358 e. The molecule has 0 fully saturated rings. The van der Waals surface area contributed by atoms with Gasteiger partial charge in [0.05, 0.1) is 6.20 Å². The van der Waals surface area contributed by atoms with Crippen LogP contribution >= 0.6 is 0 Å². The largest absolute Gasteiger partial charge is 0.476 e. The molecular formula is C14H10N2O3. The van der Waals surface area contributed by atoms with Gasteiger partial charge in [-0.3, -0.25) is 0 Å². The molecule has 94 valence electrons. The predicted molar refractivity (Wildman–Crippen MR) is 68.2 cm³/mol. The summed E-state index contributed by atoms with van der Waals surface area (Å²) in [5.74, 6) is 2.17. The first-order valence-electron chi connectivity index (χ1n) is 5.41. The number of terminal acetylenes is 1. The number of nitrogens with zero attached hydrogens (tertiary/aromatic N) is 2. The molecule has 5 nitrogen and oxygen atoms in total. The fourth-order valence-corrected chi connectivity index (χ4v) is 1.46. The van der Waals surface area contributed by atoms with Crippen molar-refractivity contribution in [2.24, 2.45) is 0 Å². The summed E-state index contributed by atoms with van der Waals surface area (Å²) >= 11 is 0. The molecule has 0 spiro atoms. The quantitative estimate of drug-likeness (QED) is 0.850. The number of aromatic carboxylic acids is 1. The second kappa shape index (κ2) is 5.19. The standard InChI is InChI=1S/C14H10N2O3/c1-3-10-5-4-6-11(7-10)19-12-8-15-9(2)16-13(12)14(17)18/h1,4-8H,2H3,(H,17,18). The van der Waals surface area contributed by atoms with Gasteiger partial charge in [0.15, 0.2) is 11.4 Å². The molecule has 2 aromatic rings. The van der Waals surface area contributed by atoms with E-state index < -0.39 is 5.97 Å². The topological polar surface area (TPSA) is 72.3 Å².